The Kier molecular flexibility index (Phi) is 12.4. The smallest absolute Gasteiger partial charge is 0.185 e. The van der Waals surface area contributed by atoms with Crippen molar-refractivity contribution in [2.24, 2.45) is 0 Å². The standard InChI is InChI=1S/C56H48O6/c57-55-47-31-41-19-7-11-23-51(41)59-27-29-61-53-25-13-9-21-43(53)33-49-37-46(40-17-5-2-6-18-40)38-50(56(49)58)34-44-22-10-14-26-54(44)62-30-28-60-52-24-12-8-20-42(52)32-48(55)36-45(35-47)39-15-3-1-4-16-39/h1-26,31-34,45-46H,27-30,35-38H2/b47-31+,48-32+,49-33+,50-34+. The largest absolute Gasteiger partial charge is 0.489 e. The Morgan fingerprint density at radius 2 is 0.548 bits per heavy atom. The van der Waals surface area contributed by atoms with E-state index in [2.05, 4.69) is 48.5 Å². The second kappa shape index (κ2) is 19.0. The second-order valence-corrected chi connectivity index (χ2v) is 15.9. The lowest BCUT2D eigenvalue weighted by molar-refractivity contribution is -0.113. The molecule has 0 saturated heterocycles. The third-order valence-corrected chi connectivity index (χ3v) is 11.8. The average molecular weight is 817 g/mol. The number of rotatable bonds is 2. The van der Waals surface area contributed by atoms with Crippen LogP contribution < -0.4 is 18.9 Å². The highest BCUT2D eigenvalue weighted by atomic mass is 16.5. The molecule has 0 unspecified atom stereocenters. The van der Waals surface area contributed by atoms with Crippen LogP contribution in [0.1, 0.15) is 70.9 Å². The van der Waals surface area contributed by atoms with Crippen molar-refractivity contribution >= 4 is 35.9 Å². The van der Waals surface area contributed by atoms with Crippen molar-refractivity contribution in [1.29, 1.82) is 0 Å². The van der Waals surface area contributed by atoms with E-state index in [0.29, 0.717) is 48.7 Å². The predicted molar refractivity (Wildman–Crippen MR) is 247 cm³/mol. The van der Waals surface area contributed by atoms with Gasteiger partial charge in [0.2, 0.25) is 0 Å². The van der Waals surface area contributed by atoms with Crippen molar-refractivity contribution in [2.45, 2.75) is 37.5 Å². The fourth-order valence-corrected chi connectivity index (χ4v) is 8.69. The van der Waals surface area contributed by atoms with Crippen molar-refractivity contribution in [3.8, 4) is 23.0 Å². The van der Waals surface area contributed by atoms with Gasteiger partial charge in [-0.1, -0.05) is 133 Å². The van der Waals surface area contributed by atoms with E-state index in [4.69, 9.17) is 18.9 Å². The summed E-state index contributed by atoms with van der Waals surface area (Å²) in [6.45, 7) is 1.10. The van der Waals surface area contributed by atoms with Crippen LogP contribution in [0.4, 0.5) is 0 Å². The molecule has 0 atom stereocenters. The molecule has 1 heterocycles. The van der Waals surface area contributed by atoms with Gasteiger partial charge in [0, 0.05) is 44.5 Å². The van der Waals surface area contributed by atoms with Crippen LogP contribution in [0.15, 0.2) is 180 Å². The van der Waals surface area contributed by atoms with Crippen molar-refractivity contribution in [3.05, 3.63) is 213 Å². The first-order valence-corrected chi connectivity index (χ1v) is 21.4. The summed E-state index contributed by atoms with van der Waals surface area (Å²) < 4.78 is 25.5. The Morgan fingerprint density at radius 1 is 0.306 bits per heavy atom. The van der Waals surface area contributed by atoms with Crippen LogP contribution in [0.5, 0.6) is 23.0 Å². The van der Waals surface area contributed by atoms with Gasteiger partial charge in [-0.25, -0.2) is 0 Å². The maximum absolute atomic E-state index is 14.4. The number of fused-ring (bicyclic) bond motifs is 8. The molecular weight excluding hydrogens is 769 g/mol. The first-order chi connectivity index (χ1) is 30.6. The van der Waals surface area contributed by atoms with Gasteiger partial charge in [-0.2, -0.15) is 0 Å². The molecule has 4 bridgehead atoms. The van der Waals surface area contributed by atoms with Gasteiger partial charge in [-0.15, -0.1) is 0 Å². The number of carbonyl (C=O) groups is 2. The molecule has 0 amide bonds. The van der Waals surface area contributed by atoms with Crippen molar-refractivity contribution in [1.82, 2.24) is 0 Å². The SMILES string of the molecule is O=C1/C2=C/c3ccccc3OCCOc3ccccc3/C=C3\CC(c4ccccc4)C/C(=C\c4ccccc4OCCOc4ccccc4/C=C/1CC(c1ccccc1)C2)C3=O. The van der Waals surface area contributed by atoms with Crippen molar-refractivity contribution in [3.63, 3.8) is 0 Å². The number of ether oxygens (including phenoxy) is 4. The Labute approximate surface area is 363 Å². The highest BCUT2D eigenvalue weighted by Gasteiger charge is 2.31. The fourth-order valence-electron chi connectivity index (χ4n) is 8.69. The highest BCUT2D eigenvalue weighted by Crippen LogP contribution is 2.42. The van der Waals surface area contributed by atoms with Crippen LogP contribution in [0.25, 0.3) is 24.3 Å². The van der Waals surface area contributed by atoms with Crippen molar-refractivity contribution in [2.75, 3.05) is 26.4 Å². The number of carbonyl (C=O) groups excluding carboxylic acids is 2. The van der Waals surface area contributed by atoms with E-state index >= 15 is 0 Å². The third-order valence-electron chi connectivity index (χ3n) is 11.8. The molecule has 0 aromatic heterocycles. The fraction of sp³-hybridized carbons (Fsp3) is 0.179. The number of hydrogen-bond acceptors (Lipinski definition) is 6. The van der Waals surface area contributed by atoms with E-state index in [9.17, 15) is 9.59 Å². The van der Waals surface area contributed by atoms with Gasteiger partial charge in [0.15, 0.2) is 11.6 Å². The van der Waals surface area contributed by atoms with E-state index in [1.807, 2.05) is 133 Å². The maximum atomic E-state index is 14.4. The quantitative estimate of drug-likeness (QED) is 0.173. The summed E-state index contributed by atoms with van der Waals surface area (Å²) >= 11 is 0. The Morgan fingerprint density at radius 3 is 0.823 bits per heavy atom. The van der Waals surface area contributed by atoms with Crippen LogP contribution in [0.3, 0.4) is 0 Å². The summed E-state index contributed by atoms with van der Waals surface area (Å²) in [5.74, 6) is 2.94. The molecule has 2 aliphatic carbocycles. The number of benzene rings is 6. The minimum Gasteiger partial charge on any atom is -0.489 e. The highest BCUT2D eigenvalue weighted by molar-refractivity contribution is 6.15. The van der Waals surface area contributed by atoms with Gasteiger partial charge in [0.1, 0.15) is 49.4 Å². The molecular formula is C56H48O6. The van der Waals surface area contributed by atoms with Crippen LogP contribution in [0.2, 0.25) is 0 Å². The first-order valence-electron chi connectivity index (χ1n) is 21.4. The average Bonchev–Trinajstić information content (AvgIpc) is 3.31. The molecule has 2 fully saturated rings. The summed E-state index contributed by atoms with van der Waals surface area (Å²) in [6, 6.07) is 52.1. The van der Waals surface area contributed by atoms with Gasteiger partial charge in [-0.05, 0) is 97.2 Å². The zero-order chi connectivity index (χ0) is 42.1. The topological polar surface area (TPSA) is 71.1 Å². The van der Waals surface area contributed by atoms with E-state index in [1.165, 1.54) is 11.1 Å². The summed E-state index contributed by atoms with van der Waals surface area (Å²) in [4.78, 5) is 28.8. The molecule has 308 valence electrons. The van der Waals surface area contributed by atoms with Crippen molar-refractivity contribution < 1.29 is 28.5 Å². The summed E-state index contributed by atoms with van der Waals surface area (Å²) in [7, 11) is 0. The first kappa shape index (κ1) is 40.2. The molecule has 6 aromatic rings. The number of para-hydroxylation sites is 4. The second-order valence-electron chi connectivity index (χ2n) is 15.9. The van der Waals surface area contributed by atoms with E-state index in [1.54, 1.807) is 0 Å². The Bertz CT molecular complexity index is 2360. The molecule has 0 N–H and O–H groups in total. The summed E-state index contributed by atoms with van der Waals surface area (Å²) in [5, 5.41) is 0. The molecule has 9 rings (SSSR count). The number of allylic oxidation sites excluding steroid dienone is 4. The van der Waals surface area contributed by atoms with Gasteiger partial charge in [0.05, 0.1) is 0 Å². The molecule has 0 spiro atoms. The van der Waals surface area contributed by atoms with Crippen LogP contribution in [0, 0.1) is 0 Å². The lowest BCUT2D eigenvalue weighted by Gasteiger charge is -2.27. The number of ketones is 2. The molecule has 0 radical (unpaired) electrons. The Hall–Kier alpha value is -7.18. The zero-order valence-corrected chi connectivity index (χ0v) is 34.6. The van der Waals surface area contributed by atoms with E-state index in [0.717, 1.165) is 44.5 Å². The third kappa shape index (κ3) is 9.40. The summed E-state index contributed by atoms with van der Waals surface area (Å²) in [5.41, 5.74) is 8.58. The monoisotopic (exact) mass is 816 g/mol. The zero-order valence-electron chi connectivity index (χ0n) is 34.6. The van der Waals surface area contributed by atoms with E-state index in [-0.39, 0.29) is 49.8 Å². The summed E-state index contributed by atoms with van der Waals surface area (Å²) in [6.07, 6.45) is 10.3. The van der Waals surface area contributed by atoms with Crippen LogP contribution in [-0.4, -0.2) is 38.0 Å². The normalized spacial score (nSPS) is 21.8. The molecule has 62 heavy (non-hydrogen) atoms. The van der Waals surface area contributed by atoms with Crippen LogP contribution in [-0.2, 0) is 9.59 Å². The molecule has 6 nitrogen and oxygen atoms in total. The Balaban J connectivity index is 1.09. The molecule has 2 saturated carbocycles. The van der Waals surface area contributed by atoms with Crippen LogP contribution >= 0.6 is 0 Å². The molecule has 1 aliphatic heterocycles. The van der Waals surface area contributed by atoms with Gasteiger partial charge in [-0.3, -0.25) is 9.59 Å². The number of Topliss-reactive ketones (excluding diaryl/α,β-unsaturated/α-hetero) is 2. The molecule has 3 aliphatic rings. The van der Waals surface area contributed by atoms with Gasteiger partial charge >= 0.3 is 0 Å². The molecule has 6 heteroatoms. The van der Waals surface area contributed by atoms with Gasteiger partial charge < -0.3 is 18.9 Å². The molecule has 6 aromatic carbocycles. The minimum absolute atomic E-state index is 0.0182. The minimum atomic E-state index is 0.0182. The predicted octanol–water partition coefficient (Wildman–Crippen LogP) is 12.1. The lowest BCUT2D eigenvalue weighted by Crippen LogP contribution is -2.19. The van der Waals surface area contributed by atoms with E-state index < -0.39 is 0 Å². The number of hydrogen-bond donors (Lipinski definition) is 0. The van der Waals surface area contributed by atoms with Gasteiger partial charge in [0.25, 0.3) is 0 Å². The lowest BCUT2D eigenvalue weighted by atomic mass is 9.76. The maximum Gasteiger partial charge on any atom is 0.185 e.